The topological polar surface area (TPSA) is 62.7 Å². The van der Waals surface area contributed by atoms with Gasteiger partial charge in [-0.05, 0) is 75.6 Å². The number of hydrogen-bond donors (Lipinski definition) is 0. The molecule has 3 rings (SSSR count). The zero-order valence-corrected chi connectivity index (χ0v) is 18.2. The summed E-state index contributed by atoms with van der Waals surface area (Å²) in [6.07, 6.45) is 3.79. The van der Waals surface area contributed by atoms with Crippen molar-refractivity contribution in [1.82, 2.24) is 9.88 Å². The van der Waals surface area contributed by atoms with Crippen molar-refractivity contribution < 1.29 is 14.3 Å². The number of fused-ring (bicyclic) bond motifs is 1. The Morgan fingerprint density at radius 1 is 1.24 bits per heavy atom. The van der Waals surface area contributed by atoms with Crippen molar-refractivity contribution >= 4 is 39.7 Å². The minimum absolute atomic E-state index is 0.271. The van der Waals surface area contributed by atoms with Crippen LogP contribution in [-0.2, 0) is 4.74 Å². The van der Waals surface area contributed by atoms with E-state index in [0.717, 1.165) is 35.6 Å². The number of rotatable bonds is 2. The molecule has 1 aromatic heterocycles. The fourth-order valence-corrected chi connectivity index (χ4v) is 4.01. The lowest BCUT2D eigenvalue weighted by molar-refractivity contribution is 0.0249. The maximum atomic E-state index is 12.7. The van der Waals surface area contributed by atoms with E-state index in [9.17, 15) is 9.59 Å². The number of nitrogens with zero attached hydrogens (tertiary/aromatic N) is 3. The van der Waals surface area contributed by atoms with Crippen LogP contribution in [0.5, 0.6) is 0 Å². The van der Waals surface area contributed by atoms with Crippen LogP contribution in [0.2, 0.25) is 0 Å². The third-order valence-corrected chi connectivity index (χ3v) is 5.24. The van der Waals surface area contributed by atoms with Crippen LogP contribution >= 0.6 is 11.6 Å². The second-order valence-corrected chi connectivity index (χ2v) is 8.83. The zero-order chi connectivity index (χ0) is 21.2. The number of amides is 2. The Balaban J connectivity index is 1.97. The van der Waals surface area contributed by atoms with E-state index in [0.29, 0.717) is 18.9 Å². The number of hydrogen-bond acceptors (Lipinski definition) is 4. The molecule has 2 aromatic rings. The van der Waals surface area contributed by atoms with Crippen LogP contribution in [0.25, 0.3) is 10.8 Å². The number of likely N-dealkylation sites (tertiary alicyclic amines) is 1. The number of carbonyl (C=O) groups excluding carboxylic acids is 2. The molecule has 2 amide bonds. The molecule has 1 atom stereocenters. The van der Waals surface area contributed by atoms with Crippen LogP contribution in [0.4, 0.5) is 15.4 Å². The van der Waals surface area contributed by atoms with Crippen molar-refractivity contribution in [3.05, 3.63) is 36.0 Å². The Bertz CT molecular complexity index is 905. The smallest absolute Gasteiger partial charge is 0.410 e. The first kappa shape index (κ1) is 21.4. The molecule has 0 N–H and O–H groups in total. The second kappa shape index (κ2) is 8.57. The molecule has 1 aromatic carbocycles. The average Bonchev–Trinajstić information content (AvgIpc) is 2.87. The van der Waals surface area contributed by atoms with Gasteiger partial charge in [-0.25, -0.2) is 9.78 Å². The number of pyridine rings is 1. The second-order valence-electron chi connectivity index (χ2n) is 8.51. The molecule has 0 unspecified atom stereocenters. The number of halogens is 1. The predicted molar refractivity (Wildman–Crippen MR) is 116 cm³/mol. The van der Waals surface area contributed by atoms with E-state index in [1.54, 1.807) is 16.0 Å². The summed E-state index contributed by atoms with van der Waals surface area (Å²) in [7, 11) is 0. The molecule has 1 saturated heterocycles. The van der Waals surface area contributed by atoms with Crippen LogP contribution in [0.15, 0.2) is 30.5 Å². The van der Waals surface area contributed by atoms with Gasteiger partial charge in [-0.1, -0.05) is 18.2 Å². The fraction of sp³-hybridized carbons (Fsp3) is 0.500. The normalized spacial score (nSPS) is 17.7. The van der Waals surface area contributed by atoms with Gasteiger partial charge in [0, 0.05) is 24.7 Å². The van der Waals surface area contributed by atoms with Gasteiger partial charge in [-0.15, -0.1) is 0 Å². The van der Waals surface area contributed by atoms with Gasteiger partial charge >= 0.3 is 11.5 Å². The lowest BCUT2D eigenvalue weighted by atomic mass is 10.0. The van der Waals surface area contributed by atoms with Crippen LogP contribution < -0.4 is 4.90 Å². The molecular formula is C22H28ClN3O3. The Morgan fingerprint density at radius 2 is 2.00 bits per heavy atom. The highest BCUT2D eigenvalue weighted by atomic mass is 35.5. The number of carbonyl (C=O) groups is 2. The molecule has 1 aliphatic rings. The summed E-state index contributed by atoms with van der Waals surface area (Å²) in [4.78, 5) is 32.9. The summed E-state index contributed by atoms with van der Waals surface area (Å²) in [5, 5.41) is 1.30. The molecule has 29 heavy (non-hydrogen) atoms. The highest BCUT2D eigenvalue weighted by Crippen LogP contribution is 2.32. The van der Waals surface area contributed by atoms with Gasteiger partial charge < -0.3 is 9.64 Å². The molecule has 0 saturated carbocycles. The lowest BCUT2D eigenvalue weighted by Crippen LogP contribution is -2.47. The fourth-order valence-electron chi connectivity index (χ4n) is 3.79. The number of benzene rings is 1. The van der Waals surface area contributed by atoms with E-state index in [-0.39, 0.29) is 12.1 Å². The van der Waals surface area contributed by atoms with Gasteiger partial charge in [0.2, 0.25) is 0 Å². The van der Waals surface area contributed by atoms with Crippen LogP contribution in [0, 0.1) is 6.92 Å². The van der Waals surface area contributed by atoms with Gasteiger partial charge in [0.05, 0.1) is 6.04 Å². The van der Waals surface area contributed by atoms with Crippen molar-refractivity contribution in [1.29, 1.82) is 0 Å². The van der Waals surface area contributed by atoms with Crippen molar-refractivity contribution in [2.24, 2.45) is 0 Å². The number of anilines is 1. The largest absolute Gasteiger partial charge is 0.444 e. The SMILES string of the molecule is Cc1cccc2ccnc(N(C(=O)Cl)[C@@H]3CCCCN(C(=O)OC(C)(C)C)C3)c12. The molecular weight excluding hydrogens is 390 g/mol. The van der Waals surface area contributed by atoms with Crippen molar-refractivity contribution in [2.45, 2.75) is 58.6 Å². The molecule has 0 radical (unpaired) electrons. The summed E-state index contributed by atoms with van der Waals surface area (Å²) in [6, 6.07) is 7.61. The summed E-state index contributed by atoms with van der Waals surface area (Å²) >= 11 is 6.06. The number of aromatic nitrogens is 1. The zero-order valence-electron chi connectivity index (χ0n) is 17.4. The molecule has 1 fully saturated rings. The minimum Gasteiger partial charge on any atom is -0.444 e. The first-order chi connectivity index (χ1) is 13.7. The van der Waals surface area contributed by atoms with E-state index in [2.05, 4.69) is 4.98 Å². The Labute approximate surface area is 176 Å². The Kier molecular flexibility index (Phi) is 6.32. The first-order valence-corrected chi connectivity index (χ1v) is 10.4. The van der Waals surface area contributed by atoms with Crippen molar-refractivity contribution in [2.75, 3.05) is 18.0 Å². The van der Waals surface area contributed by atoms with Gasteiger partial charge in [0.1, 0.15) is 11.4 Å². The number of aryl methyl sites for hydroxylation is 1. The third kappa shape index (κ3) is 4.99. The van der Waals surface area contributed by atoms with E-state index in [1.165, 1.54) is 0 Å². The maximum Gasteiger partial charge on any atom is 0.410 e. The molecule has 0 aliphatic carbocycles. The summed E-state index contributed by atoms with van der Waals surface area (Å²) < 4.78 is 5.55. The highest BCUT2D eigenvalue weighted by molar-refractivity contribution is 6.66. The lowest BCUT2D eigenvalue weighted by Gasteiger charge is -2.33. The summed E-state index contributed by atoms with van der Waals surface area (Å²) in [5.41, 5.74) is 0.445. The van der Waals surface area contributed by atoms with Gasteiger partial charge in [0.25, 0.3) is 0 Å². The molecule has 0 spiro atoms. The van der Waals surface area contributed by atoms with Crippen LogP contribution in [-0.4, -0.2) is 46.1 Å². The molecule has 2 heterocycles. The van der Waals surface area contributed by atoms with E-state index in [4.69, 9.17) is 16.3 Å². The predicted octanol–water partition coefficient (Wildman–Crippen LogP) is 5.50. The summed E-state index contributed by atoms with van der Waals surface area (Å²) in [6.45, 7) is 8.48. The van der Waals surface area contributed by atoms with Crippen LogP contribution in [0.1, 0.15) is 45.6 Å². The first-order valence-electron chi connectivity index (χ1n) is 9.98. The van der Waals surface area contributed by atoms with Crippen molar-refractivity contribution in [3.8, 4) is 0 Å². The van der Waals surface area contributed by atoms with E-state index < -0.39 is 11.0 Å². The molecule has 6 nitrogen and oxygen atoms in total. The highest BCUT2D eigenvalue weighted by Gasteiger charge is 2.33. The Hall–Kier alpha value is -2.34. The average molecular weight is 418 g/mol. The standard InChI is InChI=1S/C22H28ClN3O3/c1-15-8-7-9-16-11-12-24-19(18(15)16)26(20(23)27)17-10-5-6-13-25(14-17)21(28)29-22(2,3)4/h7-9,11-12,17H,5-6,10,13-14H2,1-4H3/t17-/m1/s1. The van der Waals surface area contributed by atoms with E-state index >= 15 is 0 Å². The van der Waals surface area contributed by atoms with Gasteiger partial charge in [-0.3, -0.25) is 9.69 Å². The quantitative estimate of drug-likeness (QED) is 0.478. The van der Waals surface area contributed by atoms with E-state index in [1.807, 2.05) is 52.0 Å². The minimum atomic E-state index is -0.593. The third-order valence-electron chi connectivity index (χ3n) is 5.06. The maximum absolute atomic E-state index is 12.7. The summed E-state index contributed by atoms with van der Waals surface area (Å²) in [5.74, 6) is 0.539. The number of ether oxygens (including phenoxy) is 1. The molecule has 7 heteroatoms. The van der Waals surface area contributed by atoms with Gasteiger partial charge in [0.15, 0.2) is 0 Å². The van der Waals surface area contributed by atoms with Gasteiger partial charge in [-0.2, -0.15) is 0 Å². The van der Waals surface area contributed by atoms with Crippen LogP contribution in [0.3, 0.4) is 0 Å². The molecule has 0 bridgehead atoms. The monoisotopic (exact) mass is 417 g/mol. The molecule has 1 aliphatic heterocycles. The Morgan fingerprint density at radius 3 is 2.69 bits per heavy atom. The van der Waals surface area contributed by atoms with Crippen molar-refractivity contribution in [3.63, 3.8) is 0 Å². The molecule has 156 valence electrons.